The van der Waals surface area contributed by atoms with Crippen molar-refractivity contribution in [3.8, 4) is 5.75 Å². The molecule has 1 saturated heterocycles. The van der Waals surface area contributed by atoms with Crippen LogP contribution in [0.5, 0.6) is 5.75 Å². The van der Waals surface area contributed by atoms with E-state index in [0.717, 1.165) is 30.1 Å². The van der Waals surface area contributed by atoms with Crippen LogP contribution < -0.4 is 9.64 Å². The topological polar surface area (TPSA) is 59.1 Å². The maximum atomic E-state index is 12.6. The van der Waals surface area contributed by atoms with Crippen molar-refractivity contribution in [2.24, 2.45) is 0 Å². The molecule has 3 rings (SSSR count). The largest absolute Gasteiger partial charge is 0.497 e. The molecule has 1 fully saturated rings. The van der Waals surface area contributed by atoms with Crippen LogP contribution in [0.2, 0.25) is 0 Å². The first kappa shape index (κ1) is 18.8. The molecule has 0 spiro atoms. The zero-order chi connectivity index (χ0) is 19.2. The van der Waals surface area contributed by atoms with E-state index < -0.39 is 0 Å². The summed E-state index contributed by atoms with van der Waals surface area (Å²) in [7, 11) is 3.00. The summed E-state index contributed by atoms with van der Waals surface area (Å²) in [6.07, 6.45) is 0.391. The number of anilines is 1. The molecule has 0 N–H and O–H groups in total. The van der Waals surface area contributed by atoms with Crippen LogP contribution in [0.4, 0.5) is 5.69 Å². The van der Waals surface area contributed by atoms with Gasteiger partial charge in [-0.2, -0.15) is 0 Å². The van der Waals surface area contributed by atoms with E-state index in [1.165, 1.54) is 7.11 Å². The van der Waals surface area contributed by atoms with E-state index in [9.17, 15) is 9.59 Å². The molecular formula is C21H24N2O4. The van der Waals surface area contributed by atoms with Crippen molar-refractivity contribution in [2.45, 2.75) is 6.42 Å². The molecule has 1 amide bonds. The van der Waals surface area contributed by atoms with Gasteiger partial charge in [0, 0.05) is 31.9 Å². The van der Waals surface area contributed by atoms with Gasteiger partial charge in [-0.1, -0.05) is 18.2 Å². The Labute approximate surface area is 159 Å². The number of ether oxygens (including phenoxy) is 2. The highest BCUT2D eigenvalue weighted by Crippen LogP contribution is 2.19. The van der Waals surface area contributed by atoms with Gasteiger partial charge in [0.15, 0.2) is 0 Å². The first-order valence-electron chi connectivity index (χ1n) is 8.94. The molecule has 0 radical (unpaired) electrons. The summed E-state index contributed by atoms with van der Waals surface area (Å²) in [5.41, 5.74) is 2.49. The highest BCUT2D eigenvalue weighted by molar-refractivity contribution is 5.90. The fourth-order valence-corrected chi connectivity index (χ4v) is 3.19. The third-order valence-corrected chi connectivity index (χ3v) is 4.78. The molecule has 2 aromatic rings. The van der Waals surface area contributed by atoms with Crippen molar-refractivity contribution >= 4 is 17.6 Å². The summed E-state index contributed by atoms with van der Waals surface area (Å²) < 4.78 is 9.92. The molecule has 1 aliphatic rings. The van der Waals surface area contributed by atoms with Gasteiger partial charge in [0.25, 0.3) is 0 Å². The zero-order valence-corrected chi connectivity index (χ0v) is 15.7. The number of piperazine rings is 1. The molecule has 0 atom stereocenters. The van der Waals surface area contributed by atoms with Gasteiger partial charge in [-0.3, -0.25) is 4.79 Å². The molecule has 142 valence electrons. The number of carbonyl (C=O) groups is 2. The fourth-order valence-electron chi connectivity index (χ4n) is 3.19. The summed E-state index contributed by atoms with van der Waals surface area (Å²) in [6, 6.07) is 15.0. The first-order valence-corrected chi connectivity index (χ1v) is 8.94. The second kappa shape index (κ2) is 8.58. The predicted molar refractivity (Wildman–Crippen MR) is 103 cm³/mol. The lowest BCUT2D eigenvalue weighted by Gasteiger charge is -2.36. The highest BCUT2D eigenvalue weighted by atomic mass is 16.5. The van der Waals surface area contributed by atoms with E-state index in [-0.39, 0.29) is 11.9 Å². The smallest absolute Gasteiger partial charge is 0.337 e. The number of carbonyl (C=O) groups excluding carboxylic acids is 2. The Morgan fingerprint density at radius 1 is 0.963 bits per heavy atom. The van der Waals surface area contributed by atoms with E-state index >= 15 is 0 Å². The Morgan fingerprint density at radius 2 is 1.67 bits per heavy atom. The standard InChI is InChI=1S/C21H24N2O4/c1-26-19-8-6-16(7-9-19)14-20(24)23-12-10-22(11-13-23)18-5-3-4-17(15-18)21(25)27-2/h3-9,15H,10-14H2,1-2H3. The molecule has 0 unspecified atom stereocenters. The van der Waals surface area contributed by atoms with Crippen LogP contribution in [-0.4, -0.2) is 57.2 Å². The van der Waals surface area contributed by atoms with Crippen molar-refractivity contribution < 1.29 is 19.1 Å². The number of hydrogen-bond donors (Lipinski definition) is 0. The van der Waals surface area contributed by atoms with Crippen LogP contribution in [0.1, 0.15) is 15.9 Å². The monoisotopic (exact) mass is 368 g/mol. The molecule has 0 bridgehead atoms. The summed E-state index contributed by atoms with van der Waals surface area (Å²) in [5, 5.41) is 0. The van der Waals surface area contributed by atoms with Crippen molar-refractivity contribution in [2.75, 3.05) is 45.3 Å². The van der Waals surface area contributed by atoms with Gasteiger partial charge in [0.05, 0.1) is 26.2 Å². The van der Waals surface area contributed by atoms with Crippen LogP contribution in [-0.2, 0) is 16.0 Å². The lowest BCUT2D eigenvalue weighted by molar-refractivity contribution is -0.130. The minimum Gasteiger partial charge on any atom is -0.497 e. The van der Waals surface area contributed by atoms with Crippen molar-refractivity contribution in [1.29, 1.82) is 0 Å². The summed E-state index contributed by atoms with van der Waals surface area (Å²) >= 11 is 0. The second-order valence-corrected chi connectivity index (χ2v) is 6.43. The van der Waals surface area contributed by atoms with Gasteiger partial charge >= 0.3 is 5.97 Å². The van der Waals surface area contributed by atoms with Crippen LogP contribution in [0, 0.1) is 0 Å². The van der Waals surface area contributed by atoms with Crippen molar-refractivity contribution in [3.63, 3.8) is 0 Å². The highest BCUT2D eigenvalue weighted by Gasteiger charge is 2.22. The molecule has 0 saturated carbocycles. The van der Waals surface area contributed by atoms with Gasteiger partial charge in [-0.25, -0.2) is 4.79 Å². The first-order chi connectivity index (χ1) is 13.1. The molecule has 1 heterocycles. The normalized spacial score (nSPS) is 14.0. The third kappa shape index (κ3) is 4.58. The van der Waals surface area contributed by atoms with E-state index in [1.54, 1.807) is 13.2 Å². The van der Waals surface area contributed by atoms with E-state index in [0.29, 0.717) is 25.1 Å². The maximum Gasteiger partial charge on any atom is 0.337 e. The second-order valence-electron chi connectivity index (χ2n) is 6.43. The number of hydrogen-bond acceptors (Lipinski definition) is 5. The average molecular weight is 368 g/mol. The van der Waals surface area contributed by atoms with Gasteiger partial charge in [0.1, 0.15) is 5.75 Å². The Kier molecular flexibility index (Phi) is 5.96. The number of esters is 1. The Morgan fingerprint density at radius 3 is 2.30 bits per heavy atom. The van der Waals surface area contributed by atoms with Crippen molar-refractivity contribution in [1.82, 2.24) is 4.90 Å². The van der Waals surface area contributed by atoms with E-state index in [2.05, 4.69) is 4.90 Å². The summed E-state index contributed by atoms with van der Waals surface area (Å²) in [6.45, 7) is 2.80. The number of benzene rings is 2. The van der Waals surface area contributed by atoms with Crippen LogP contribution >= 0.6 is 0 Å². The van der Waals surface area contributed by atoms with Crippen molar-refractivity contribution in [3.05, 3.63) is 59.7 Å². The molecular weight excluding hydrogens is 344 g/mol. The minimum absolute atomic E-state index is 0.128. The Bertz CT molecular complexity index is 796. The van der Waals surface area contributed by atoms with Gasteiger partial charge in [0.2, 0.25) is 5.91 Å². The number of amides is 1. The molecule has 2 aromatic carbocycles. The molecule has 6 heteroatoms. The quantitative estimate of drug-likeness (QED) is 0.759. The minimum atomic E-state index is -0.342. The number of methoxy groups -OCH3 is 2. The summed E-state index contributed by atoms with van der Waals surface area (Å²) in [4.78, 5) is 28.3. The predicted octanol–water partition coefficient (Wildman–Crippen LogP) is 2.37. The lowest BCUT2D eigenvalue weighted by Crippen LogP contribution is -2.49. The molecule has 1 aliphatic heterocycles. The van der Waals surface area contributed by atoms with Crippen LogP contribution in [0.25, 0.3) is 0 Å². The van der Waals surface area contributed by atoms with Crippen LogP contribution in [0.15, 0.2) is 48.5 Å². The van der Waals surface area contributed by atoms with Gasteiger partial charge < -0.3 is 19.3 Å². The Balaban J connectivity index is 1.56. The molecule has 0 aromatic heterocycles. The molecule has 6 nitrogen and oxygen atoms in total. The third-order valence-electron chi connectivity index (χ3n) is 4.78. The summed E-state index contributed by atoms with van der Waals surface area (Å²) in [5.74, 6) is 0.572. The Hall–Kier alpha value is -3.02. The van der Waals surface area contributed by atoms with E-state index in [1.807, 2.05) is 47.4 Å². The SMILES string of the molecule is COC(=O)c1cccc(N2CCN(C(=O)Cc3ccc(OC)cc3)CC2)c1. The van der Waals surface area contributed by atoms with Gasteiger partial charge in [-0.05, 0) is 35.9 Å². The average Bonchev–Trinajstić information content (AvgIpc) is 2.74. The fraction of sp³-hybridized carbons (Fsp3) is 0.333. The molecule has 27 heavy (non-hydrogen) atoms. The lowest BCUT2D eigenvalue weighted by atomic mass is 10.1. The molecule has 0 aliphatic carbocycles. The number of rotatable bonds is 5. The van der Waals surface area contributed by atoms with Gasteiger partial charge in [-0.15, -0.1) is 0 Å². The number of nitrogens with zero attached hydrogens (tertiary/aromatic N) is 2. The van der Waals surface area contributed by atoms with E-state index in [4.69, 9.17) is 9.47 Å². The van der Waals surface area contributed by atoms with Crippen LogP contribution in [0.3, 0.4) is 0 Å². The maximum absolute atomic E-state index is 12.6. The zero-order valence-electron chi connectivity index (χ0n) is 15.7.